The second-order valence-corrected chi connectivity index (χ2v) is 2.03. The van der Waals surface area contributed by atoms with Crippen molar-refractivity contribution in [3.63, 3.8) is 0 Å². The molecule has 2 rings (SSSR count). The Bertz CT molecular complexity index is 317. The molecule has 3 heteroatoms. The van der Waals surface area contributed by atoms with Crippen LogP contribution in [-0.4, -0.2) is 17.1 Å². The van der Waals surface area contributed by atoms with Crippen LogP contribution in [0.5, 0.6) is 0 Å². The molecule has 3 nitrogen and oxygen atoms in total. The predicted octanol–water partition coefficient (Wildman–Crippen LogP) is 0.654. The second-order valence-electron chi connectivity index (χ2n) is 2.03. The first kappa shape index (κ1) is 5.29. The van der Waals surface area contributed by atoms with Gasteiger partial charge in [-0.05, 0) is 6.07 Å². The van der Waals surface area contributed by atoms with Crippen molar-refractivity contribution in [1.82, 2.24) is 4.98 Å². The summed E-state index contributed by atoms with van der Waals surface area (Å²) in [5.41, 5.74) is 1.46. The summed E-state index contributed by atoms with van der Waals surface area (Å²) < 4.78 is 0. The molecule has 1 aliphatic heterocycles. The van der Waals surface area contributed by atoms with Gasteiger partial charge in [-0.2, -0.15) is 0 Å². The van der Waals surface area contributed by atoms with Gasteiger partial charge in [-0.3, -0.25) is 9.78 Å². The summed E-state index contributed by atoms with van der Waals surface area (Å²) in [5.74, 6) is -0.192. The Labute approximate surface area is 57.4 Å². The lowest BCUT2D eigenvalue weighted by Crippen LogP contribution is -1.91. The third-order valence-corrected chi connectivity index (χ3v) is 1.41. The van der Waals surface area contributed by atoms with E-state index in [-0.39, 0.29) is 5.91 Å². The summed E-state index contributed by atoms with van der Waals surface area (Å²) in [6.45, 7) is 0. The molecule has 2 heterocycles. The average Bonchev–Trinajstić information content (AvgIpc) is 2.34. The van der Waals surface area contributed by atoms with Crippen molar-refractivity contribution in [2.75, 3.05) is 0 Å². The van der Waals surface area contributed by atoms with E-state index in [1.54, 1.807) is 18.5 Å². The molecule has 0 spiro atoms. The van der Waals surface area contributed by atoms with E-state index in [1.165, 1.54) is 6.20 Å². The lowest BCUT2D eigenvalue weighted by Gasteiger charge is -1.89. The number of fused-ring (bicyclic) bond motifs is 1. The second kappa shape index (κ2) is 1.73. The molecule has 0 saturated carbocycles. The van der Waals surface area contributed by atoms with Crippen LogP contribution in [0.3, 0.4) is 0 Å². The first-order chi connectivity index (χ1) is 4.88. The van der Waals surface area contributed by atoms with Crippen molar-refractivity contribution in [3.05, 3.63) is 29.6 Å². The maximum absolute atomic E-state index is 10.8. The van der Waals surface area contributed by atoms with Gasteiger partial charge >= 0.3 is 0 Å². The largest absolute Gasteiger partial charge is 0.279 e. The van der Waals surface area contributed by atoms with Crippen LogP contribution in [0.25, 0.3) is 0 Å². The van der Waals surface area contributed by atoms with Crippen molar-refractivity contribution in [3.8, 4) is 0 Å². The molecule has 0 radical (unpaired) electrons. The maximum Gasteiger partial charge on any atom is 0.279 e. The van der Waals surface area contributed by atoms with Crippen molar-refractivity contribution in [2.45, 2.75) is 0 Å². The summed E-state index contributed by atoms with van der Waals surface area (Å²) in [4.78, 5) is 18.2. The van der Waals surface area contributed by atoms with Gasteiger partial charge in [0.15, 0.2) is 0 Å². The summed E-state index contributed by atoms with van der Waals surface area (Å²) >= 11 is 0. The van der Waals surface area contributed by atoms with Gasteiger partial charge < -0.3 is 0 Å². The van der Waals surface area contributed by atoms with E-state index < -0.39 is 0 Å². The van der Waals surface area contributed by atoms with Crippen LogP contribution in [0, 0.1) is 0 Å². The molecule has 0 unspecified atom stereocenters. The highest BCUT2D eigenvalue weighted by Crippen LogP contribution is 2.11. The maximum atomic E-state index is 10.8. The Morgan fingerprint density at radius 3 is 3.10 bits per heavy atom. The normalized spacial score (nSPS) is 13.8. The number of carbonyl (C=O) groups excluding carboxylic acids is 1. The molecule has 0 bridgehead atoms. The van der Waals surface area contributed by atoms with Crippen LogP contribution < -0.4 is 0 Å². The Balaban J connectivity index is 2.70. The molecular weight excluding hydrogens is 128 g/mol. The van der Waals surface area contributed by atoms with Crippen molar-refractivity contribution in [2.24, 2.45) is 4.99 Å². The van der Waals surface area contributed by atoms with E-state index >= 15 is 0 Å². The highest BCUT2D eigenvalue weighted by Gasteiger charge is 2.13. The van der Waals surface area contributed by atoms with Gasteiger partial charge in [0, 0.05) is 24.2 Å². The Hall–Kier alpha value is -1.51. The van der Waals surface area contributed by atoms with E-state index in [4.69, 9.17) is 0 Å². The van der Waals surface area contributed by atoms with Crippen LogP contribution in [0.4, 0.5) is 0 Å². The molecule has 48 valence electrons. The van der Waals surface area contributed by atoms with Gasteiger partial charge in [-0.1, -0.05) is 0 Å². The van der Waals surface area contributed by atoms with Crippen LogP contribution in [0.1, 0.15) is 15.9 Å². The third-order valence-electron chi connectivity index (χ3n) is 1.41. The lowest BCUT2D eigenvalue weighted by molar-refractivity contribution is 0.101. The average molecular weight is 132 g/mol. The SMILES string of the molecule is O=C1N=Cc2ccncc21. The zero-order chi connectivity index (χ0) is 6.97. The van der Waals surface area contributed by atoms with Crippen molar-refractivity contribution in [1.29, 1.82) is 0 Å². The van der Waals surface area contributed by atoms with Gasteiger partial charge in [0.2, 0.25) is 0 Å². The number of rotatable bonds is 0. The van der Waals surface area contributed by atoms with Crippen molar-refractivity contribution >= 4 is 12.1 Å². The van der Waals surface area contributed by atoms with Crippen LogP contribution in [0.2, 0.25) is 0 Å². The van der Waals surface area contributed by atoms with E-state index in [9.17, 15) is 4.79 Å². The number of carbonyl (C=O) groups is 1. The summed E-state index contributed by atoms with van der Waals surface area (Å²) in [6, 6.07) is 1.77. The Morgan fingerprint density at radius 2 is 2.30 bits per heavy atom. The minimum absolute atomic E-state index is 0.192. The number of amides is 1. The van der Waals surface area contributed by atoms with Gasteiger partial charge in [0.25, 0.3) is 5.91 Å². The first-order valence-corrected chi connectivity index (χ1v) is 2.90. The number of aliphatic imine (C=N–C) groups is 1. The molecule has 1 aromatic rings. The third kappa shape index (κ3) is 0.572. The fraction of sp³-hybridized carbons (Fsp3) is 0. The summed E-state index contributed by atoms with van der Waals surface area (Å²) in [6.07, 6.45) is 4.73. The molecule has 1 amide bonds. The van der Waals surface area contributed by atoms with Crippen LogP contribution in [0.15, 0.2) is 23.5 Å². The zero-order valence-corrected chi connectivity index (χ0v) is 5.11. The Kier molecular flexibility index (Phi) is 0.917. The minimum atomic E-state index is -0.192. The standard InChI is InChI=1S/C7H4N2O/c10-7-6-4-8-2-1-5(6)3-9-7/h1-4H. The van der Waals surface area contributed by atoms with Gasteiger partial charge in [-0.15, -0.1) is 0 Å². The van der Waals surface area contributed by atoms with E-state index in [2.05, 4.69) is 9.98 Å². The lowest BCUT2D eigenvalue weighted by atomic mass is 10.2. The predicted molar refractivity (Wildman–Crippen MR) is 36.2 cm³/mol. The molecule has 0 fully saturated rings. The molecule has 1 aromatic heterocycles. The molecule has 10 heavy (non-hydrogen) atoms. The van der Waals surface area contributed by atoms with E-state index in [1.807, 2.05) is 0 Å². The number of pyridine rings is 1. The monoisotopic (exact) mass is 132 g/mol. The van der Waals surface area contributed by atoms with Gasteiger partial charge in [0.05, 0.1) is 5.56 Å². The van der Waals surface area contributed by atoms with Crippen LogP contribution in [-0.2, 0) is 0 Å². The minimum Gasteiger partial charge on any atom is -0.267 e. The van der Waals surface area contributed by atoms with Crippen LogP contribution >= 0.6 is 0 Å². The smallest absolute Gasteiger partial charge is 0.267 e. The topological polar surface area (TPSA) is 42.3 Å². The number of nitrogens with zero attached hydrogens (tertiary/aromatic N) is 2. The highest BCUT2D eigenvalue weighted by molar-refractivity contribution is 6.12. The number of aromatic nitrogens is 1. The molecule has 1 aliphatic rings. The van der Waals surface area contributed by atoms with Gasteiger partial charge in [-0.25, -0.2) is 4.99 Å². The molecular formula is C7H4N2O. The first-order valence-electron chi connectivity index (χ1n) is 2.90. The fourth-order valence-corrected chi connectivity index (χ4v) is 0.894. The molecule has 0 N–H and O–H groups in total. The molecule has 0 aliphatic carbocycles. The van der Waals surface area contributed by atoms with Crippen molar-refractivity contribution < 1.29 is 4.79 Å². The highest BCUT2D eigenvalue weighted by atomic mass is 16.1. The van der Waals surface area contributed by atoms with E-state index in [0.717, 1.165) is 5.56 Å². The van der Waals surface area contributed by atoms with E-state index in [0.29, 0.717) is 5.56 Å². The summed E-state index contributed by atoms with van der Waals surface area (Å²) in [5, 5.41) is 0. The number of hydrogen-bond donors (Lipinski definition) is 0. The molecule has 0 aromatic carbocycles. The molecule has 0 saturated heterocycles. The molecule has 0 atom stereocenters. The summed E-state index contributed by atoms with van der Waals surface area (Å²) in [7, 11) is 0. The fourth-order valence-electron chi connectivity index (χ4n) is 0.894. The quantitative estimate of drug-likeness (QED) is 0.520. The number of hydrogen-bond acceptors (Lipinski definition) is 2. The van der Waals surface area contributed by atoms with Gasteiger partial charge in [0.1, 0.15) is 0 Å². The zero-order valence-electron chi connectivity index (χ0n) is 5.11. The Morgan fingerprint density at radius 1 is 1.40 bits per heavy atom.